The Hall–Kier alpha value is -4.65. The molecule has 0 aliphatic carbocycles. The van der Waals surface area contributed by atoms with Gasteiger partial charge in [-0.1, -0.05) is 60.7 Å². The number of ether oxygens (including phenoxy) is 2. The lowest BCUT2D eigenvalue weighted by atomic mass is 9.83. The van der Waals surface area contributed by atoms with E-state index in [-0.39, 0.29) is 130 Å². The second kappa shape index (κ2) is 45.6. The number of hydrogen-bond acceptors (Lipinski definition) is 19. The molecule has 0 spiro atoms. The first-order valence-corrected chi connectivity index (χ1v) is 36.7. The number of benzene rings is 2. The van der Waals surface area contributed by atoms with Gasteiger partial charge in [0, 0.05) is 143 Å². The number of nitrogens with one attached hydrogen (secondary N) is 1. The Bertz CT molecular complexity index is 2810. The van der Waals surface area contributed by atoms with Gasteiger partial charge in [-0.15, -0.1) is 69.3 Å². The predicted octanol–water partition coefficient (Wildman–Crippen LogP) is 10.1. The van der Waals surface area contributed by atoms with Crippen LogP contribution in [0.4, 0.5) is 9.11 Å². The fourth-order valence-corrected chi connectivity index (χ4v) is 11.0. The average Bonchev–Trinajstić information content (AvgIpc) is 4.46. The number of alkyl carbamates (subject to hydrolysis) is 1. The molecular formula is C57H73BFI3N8O12S4. The minimum absolute atomic E-state index is 0. The molecule has 4 amide bonds. The number of Topliss-reactive ketones (excluding diaryl/α,β-unsaturated/α-hetero) is 1. The number of aromatic nitrogens is 4. The topological polar surface area (TPSA) is 272 Å². The summed E-state index contributed by atoms with van der Waals surface area (Å²) in [6.45, 7) is 1.54. The molecule has 5 heterocycles. The number of carboxylic acid groups (broad SMARTS) is 1. The number of cyclic esters (lactones) is 1. The molecule has 29 heteroatoms. The molecule has 1 saturated heterocycles. The van der Waals surface area contributed by atoms with Crippen molar-refractivity contribution in [2.75, 3.05) is 41.0 Å². The third-order valence-electron chi connectivity index (χ3n) is 13.2. The van der Waals surface area contributed by atoms with Crippen LogP contribution < -0.4 is 5.32 Å². The third kappa shape index (κ3) is 31.0. The maximum Gasteiger partial charge on any atom is 0.407 e. The van der Waals surface area contributed by atoms with Gasteiger partial charge in [0.15, 0.2) is 0 Å². The van der Waals surface area contributed by atoms with Gasteiger partial charge >= 0.3 is 26.2 Å². The molecule has 7 rings (SSSR count). The van der Waals surface area contributed by atoms with Crippen LogP contribution in [0, 0.1) is 23.7 Å². The Kier molecular flexibility index (Phi) is 41.1. The molecule has 0 unspecified atom stereocenters. The number of aliphatic hydroxyl groups excluding tert-OH is 2. The van der Waals surface area contributed by atoms with Gasteiger partial charge in [0.05, 0.1) is 70.7 Å². The zero-order chi connectivity index (χ0) is 62.4. The second-order valence-electron chi connectivity index (χ2n) is 19.6. The fraction of sp³-hybridized carbons (Fsp3) is 0.456. The maximum atomic E-state index is 13.7. The molecule has 0 saturated carbocycles. The van der Waals surface area contributed by atoms with Crippen molar-refractivity contribution in [3.63, 3.8) is 0 Å². The molecular weight excluding hydrogens is 1530 g/mol. The summed E-state index contributed by atoms with van der Waals surface area (Å²) in [6.07, 6.45) is 8.68. The molecule has 6 aromatic rings. The summed E-state index contributed by atoms with van der Waals surface area (Å²) in [6, 6.07) is 19.8. The number of amides is 4. The SMILES string of the molecule is CN(Cc1cncs1)C(=O)C[C@@H](CCO)C(=O)O.CN(Cc1cncs1)C(=O)C[C@H]1CCOC1=O.CN(Cc1cscn1)C(=O)C[C@@H](CCO)C(=O)C[C@H](CC[C@H](Cc1ccccc1)NC(=O)OCc1cncs1)Cc1ccccc1.I.II.[B]F. The number of carbonyl (C=O) groups is 7. The van der Waals surface area contributed by atoms with Crippen LogP contribution in [-0.2, 0) is 77.3 Å². The van der Waals surface area contributed by atoms with Gasteiger partial charge in [-0.05, 0) is 62.0 Å². The molecule has 1 aliphatic rings. The summed E-state index contributed by atoms with van der Waals surface area (Å²) in [4.78, 5) is 109. The molecule has 2 radical (unpaired) electrons. The second-order valence-corrected chi connectivity index (χ2v) is 23.2. The van der Waals surface area contributed by atoms with E-state index in [0.717, 1.165) is 31.5 Å². The Morgan fingerprint density at radius 2 is 1.22 bits per heavy atom. The lowest BCUT2D eigenvalue weighted by molar-refractivity contribution is -0.146. The van der Waals surface area contributed by atoms with E-state index < -0.39 is 23.9 Å². The van der Waals surface area contributed by atoms with Crippen LogP contribution >= 0.6 is 107 Å². The summed E-state index contributed by atoms with van der Waals surface area (Å²) in [5, 5.41) is 32.4. The smallest absolute Gasteiger partial charge is 0.407 e. The molecule has 0 bridgehead atoms. The summed E-state index contributed by atoms with van der Waals surface area (Å²) in [5.41, 5.74) is 9.86. The van der Waals surface area contributed by atoms with Crippen molar-refractivity contribution in [3.05, 3.63) is 138 Å². The van der Waals surface area contributed by atoms with E-state index in [4.69, 9.17) is 24.0 Å². The first-order valence-electron chi connectivity index (χ1n) is 26.8. The van der Waals surface area contributed by atoms with Crippen molar-refractivity contribution < 1.29 is 62.7 Å². The van der Waals surface area contributed by atoms with Crippen LogP contribution in [0.1, 0.15) is 89.2 Å². The number of nitrogens with zero attached hydrogens (tertiary/aromatic N) is 7. The lowest BCUT2D eigenvalue weighted by Crippen LogP contribution is -2.37. The van der Waals surface area contributed by atoms with Gasteiger partial charge in [0.25, 0.3) is 0 Å². The first kappa shape index (κ1) is 77.5. The number of aliphatic carboxylic acids is 1. The van der Waals surface area contributed by atoms with E-state index in [2.05, 4.69) is 82.7 Å². The highest BCUT2D eigenvalue weighted by atomic mass is 128. The van der Waals surface area contributed by atoms with Crippen molar-refractivity contribution in [1.82, 2.24) is 40.0 Å². The van der Waals surface area contributed by atoms with E-state index in [1.54, 1.807) is 71.6 Å². The third-order valence-corrected chi connectivity index (χ3v) is 16.2. The monoisotopic (exact) mass is 1600 g/mol. The van der Waals surface area contributed by atoms with Crippen molar-refractivity contribution >= 4 is 156 Å². The van der Waals surface area contributed by atoms with Crippen LogP contribution in [-0.4, -0.2) is 147 Å². The van der Waals surface area contributed by atoms with Crippen molar-refractivity contribution in [2.45, 2.75) is 103 Å². The van der Waals surface area contributed by atoms with Crippen molar-refractivity contribution in [1.29, 1.82) is 0 Å². The van der Waals surface area contributed by atoms with Gasteiger partial charge in [-0.3, -0.25) is 43.7 Å². The van der Waals surface area contributed by atoms with Gasteiger partial charge < -0.3 is 49.1 Å². The number of ketones is 1. The van der Waals surface area contributed by atoms with Gasteiger partial charge in [-0.25, -0.2) is 9.78 Å². The Morgan fingerprint density at radius 1 is 0.709 bits per heavy atom. The number of aliphatic hydroxyl groups is 2. The molecule has 1 fully saturated rings. The normalized spacial score (nSPS) is 13.4. The van der Waals surface area contributed by atoms with E-state index in [1.807, 2.05) is 53.9 Å². The minimum Gasteiger partial charge on any atom is -0.481 e. The largest absolute Gasteiger partial charge is 0.481 e. The summed E-state index contributed by atoms with van der Waals surface area (Å²) < 4.78 is 19.3. The predicted molar refractivity (Wildman–Crippen MR) is 359 cm³/mol. The molecule has 2 aromatic carbocycles. The highest BCUT2D eigenvalue weighted by Crippen LogP contribution is 2.26. The van der Waals surface area contributed by atoms with Crippen LogP contribution in [0.3, 0.4) is 0 Å². The average molecular weight is 1600 g/mol. The van der Waals surface area contributed by atoms with Crippen LogP contribution in [0.25, 0.3) is 0 Å². The standard InChI is InChI=1S/C35H42N4O5S2.C11H16N2O4S.C11H14N2O3S.BF.I2.HI/c1-39(21-31-23-45-25-37-31)34(42)19-29(14-15-40)33(41)18-28(16-26-8-4-2-5-9-26)12-13-30(17-27-10-6-3-7-11-27)38-35(43)44-22-32-20-36-24-46-32;1-13(6-9-5-12-7-18-9)10(15)4-8(2-3-14)11(16)17;1-13(6-9-5-12-7-17-9)10(14)4-8-2-3-16-11(8)15;2*1-2;/h2-11,20,23-25,28-30,40H,12-19,21-22H2,1H3,(H,38,43);5,7-8,14H,2-4,6H2,1H3,(H,16,17);5,7-8H,2-4,6H2,1H3;;;1H/t28-,29-,30-;2*8-;;;/m111.../s1. The molecule has 4 N–H and O–H groups in total. The highest BCUT2D eigenvalue weighted by Gasteiger charge is 2.31. The number of halogens is 4. The van der Waals surface area contributed by atoms with Gasteiger partial charge in [0.2, 0.25) is 17.7 Å². The highest BCUT2D eigenvalue weighted by molar-refractivity contribution is 15.0. The van der Waals surface area contributed by atoms with E-state index in [0.29, 0.717) is 58.3 Å². The van der Waals surface area contributed by atoms with Crippen molar-refractivity contribution in [3.8, 4) is 0 Å². The minimum atomic E-state index is -1.05. The fourth-order valence-electron chi connectivity index (χ4n) is 8.65. The van der Waals surface area contributed by atoms with Crippen LogP contribution in [0.5, 0.6) is 0 Å². The molecule has 5 atom stereocenters. The first-order chi connectivity index (χ1) is 41.1. The van der Waals surface area contributed by atoms with Crippen LogP contribution in [0.15, 0.2) is 107 Å². The molecule has 4 aromatic heterocycles. The summed E-state index contributed by atoms with van der Waals surface area (Å²) in [5.74, 6) is -3.43. The summed E-state index contributed by atoms with van der Waals surface area (Å²) in [7, 11) is 8.07. The molecule has 1 aliphatic heterocycles. The van der Waals surface area contributed by atoms with E-state index >= 15 is 0 Å². The molecule has 468 valence electrons. The maximum absolute atomic E-state index is 13.7. The number of carbonyl (C=O) groups excluding carboxylic acids is 6. The number of carboxylic acids is 1. The van der Waals surface area contributed by atoms with Crippen molar-refractivity contribution in [2.24, 2.45) is 23.7 Å². The zero-order valence-electron chi connectivity index (χ0n) is 47.9. The lowest BCUT2D eigenvalue weighted by Gasteiger charge is -2.25. The summed E-state index contributed by atoms with van der Waals surface area (Å²) >= 11 is 10.1. The number of thiazole rings is 4. The quantitative estimate of drug-likeness (QED) is 0.0185. The van der Waals surface area contributed by atoms with Gasteiger partial charge in [0.1, 0.15) is 12.4 Å². The Morgan fingerprint density at radius 3 is 1.71 bits per heavy atom. The van der Waals surface area contributed by atoms with E-state index in [9.17, 15) is 38.7 Å². The van der Waals surface area contributed by atoms with E-state index in [1.165, 1.54) is 50.2 Å². The number of esters is 1. The Labute approximate surface area is 559 Å². The number of hydrogen-bond donors (Lipinski definition) is 4. The molecule has 86 heavy (non-hydrogen) atoms. The molecule has 20 nitrogen and oxygen atoms in total. The number of rotatable bonds is 30. The van der Waals surface area contributed by atoms with Crippen LogP contribution in [0.2, 0.25) is 0 Å². The Balaban J connectivity index is 0.000000515. The zero-order valence-corrected chi connectivity index (χ0v) is 57.8. The van der Waals surface area contributed by atoms with Gasteiger partial charge in [-0.2, -0.15) is 0 Å².